The molecule has 1 heterocycles. The van der Waals surface area contributed by atoms with E-state index in [0.717, 1.165) is 17.7 Å². The normalized spacial score (nSPS) is 32.5. The molecule has 2 aliphatic rings. The SMILES string of the molecule is Nc1ccc([C@H]2C(=O)N[C@H]3CCC[C@H]32)cc1. The topological polar surface area (TPSA) is 55.1 Å². The number of amides is 1. The lowest BCUT2D eigenvalue weighted by Gasteiger charge is -2.15. The van der Waals surface area contributed by atoms with Crippen LogP contribution in [-0.4, -0.2) is 11.9 Å². The highest BCUT2D eigenvalue weighted by Crippen LogP contribution is 2.42. The average Bonchev–Trinajstić information content (AvgIpc) is 2.79. The molecule has 1 aliphatic heterocycles. The minimum Gasteiger partial charge on any atom is -0.399 e. The summed E-state index contributed by atoms with van der Waals surface area (Å²) in [7, 11) is 0. The third kappa shape index (κ3) is 1.39. The Bertz CT molecular complexity index is 412. The number of hydrogen-bond donors (Lipinski definition) is 2. The molecule has 1 amide bonds. The minimum atomic E-state index is 0.0492. The molecule has 2 fully saturated rings. The van der Waals surface area contributed by atoms with Crippen LogP contribution in [0.25, 0.3) is 0 Å². The van der Waals surface area contributed by atoms with E-state index in [2.05, 4.69) is 5.32 Å². The van der Waals surface area contributed by atoms with E-state index in [1.54, 1.807) is 0 Å². The van der Waals surface area contributed by atoms with Crippen molar-refractivity contribution < 1.29 is 4.79 Å². The molecule has 3 atom stereocenters. The van der Waals surface area contributed by atoms with Crippen LogP contribution in [-0.2, 0) is 4.79 Å². The van der Waals surface area contributed by atoms with E-state index < -0.39 is 0 Å². The summed E-state index contributed by atoms with van der Waals surface area (Å²) in [6.07, 6.45) is 3.54. The average molecular weight is 216 g/mol. The molecule has 0 unspecified atom stereocenters. The van der Waals surface area contributed by atoms with Crippen LogP contribution in [0.2, 0.25) is 0 Å². The fourth-order valence-corrected chi connectivity index (χ4v) is 3.14. The van der Waals surface area contributed by atoms with Gasteiger partial charge in [-0.1, -0.05) is 18.6 Å². The number of fused-ring (bicyclic) bond motifs is 1. The van der Waals surface area contributed by atoms with Gasteiger partial charge >= 0.3 is 0 Å². The zero-order valence-electron chi connectivity index (χ0n) is 9.15. The van der Waals surface area contributed by atoms with E-state index in [4.69, 9.17) is 5.73 Å². The third-order valence-electron chi connectivity index (χ3n) is 3.90. The quantitative estimate of drug-likeness (QED) is 0.701. The summed E-state index contributed by atoms with van der Waals surface area (Å²) >= 11 is 0. The first-order valence-electron chi connectivity index (χ1n) is 5.91. The summed E-state index contributed by atoms with van der Waals surface area (Å²) in [4.78, 5) is 11.9. The molecule has 0 radical (unpaired) electrons. The molecule has 3 nitrogen and oxygen atoms in total. The summed E-state index contributed by atoms with van der Waals surface area (Å²) in [6, 6.07) is 8.14. The maximum atomic E-state index is 11.9. The van der Waals surface area contributed by atoms with E-state index >= 15 is 0 Å². The molecule has 16 heavy (non-hydrogen) atoms. The molecular weight excluding hydrogens is 200 g/mol. The van der Waals surface area contributed by atoms with Crippen LogP contribution in [0, 0.1) is 5.92 Å². The number of carbonyl (C=O) groups is 1. The fourth-order valence-electron chi connectivity index (χ4n) is 3.14. The van der Waals surface area contributed by atoms with Crippen LogP contribution in [0.15, 0.2) is 24.3 Å². The second kappa shape index (κ2) is 3.51. The van der Waals surface area contributed by atoms with Gasteiger partial charge in [-0.2, -0.15) is 0 Å². The second-order valence-corrected chi connectivity index (χ2v) is 4.85. The Morgan fingerprint density at radius 3 is 2.69 bits per heavy atom. The number of carbonyl (C=O) groups excluding carboxylic acids is 1. The molecule has 1 saturated heterocycles. The first kappa shape index (κ1) is 9.70. The lowest BCUT2D eigenvalue weighted by Crippen LogP contribution is -2.25. The summed E-state index contributed by atoms with van der Waals surface area (Å²) in [5, 5.41) is 3.11. The number of anilines is 1. The second-order valence-electron chi connectivity index (χ2n) is 4.85. The Hall–Kier alpha value is -1.51. The van der Waals surface area contributed by atoms with Gasteiger partial charge in [0.15, 0.2) is 0 Å². The van der Waals surface area contributed by atoms with Crippen LogP contribution < -0.4 is 11.1 Å². The number of nitrogen functional groups attached to an aromatic ring is 1. The molecular formula is C13H16N2O. The molecule has 84 valence electrons. The van der Waals surface area contributed by atoms with Crippen molar-refractivity contribution in [2.75, 3.05) is 5.73 Å². The van der Waals surface area contributed by atoms with Gasteiger partial charge in [0.25, 0.3) is 0 Å². The summed E-state index contributed by atoms with van der Waals surface area (Å²) < 4.78 is 0. The van der Waals surface area contributed by atoms with Crippen LogP contribution in [0.1, 0.15) is 30.7 Å². The summed E-state index contributed by atoms with van der Waals surface area (Å²) in [6.45, 7) is 0. The predicted octanol–water partition coefficient (Wildman–Crippen LogP) is 1.65. The standard InChI is InChI=1S/C13H16N2O/c14-9-6-4-8(5-7-9)12-10-2-1-3-11(10)15-13(12)16/h4-7,10-12H,1-3,14H2,(H,15,16)/t10-,11+,12-/m1/s1. The third-order valence-corrected chi connectivity index (χ3v) is 3.90. The van der Waals surface area contributed by atoms with Crippen LogP contribution in [0.3, 0.4) is 0 Å². The number of hydrogen-bond acceptors (Lipinski definition) is 2. The molecule has 1 aromatic rings. The van der Waals surface area contributed by atoms with Gasteiger partial charge in [-0.15, -0.1) is 0 Å². The van der Waals surface area contributed by atoms with Crippen molar-refractivity contribution in [2.24, 2.45) is 5.92 Å². The first-order chi connectivity index (χ1) is 7.75. The smallest absolute Gasteiger partial charge is 0.228 e. The van der Waals surface area contributed by atoms with E-state index in [9.17, 15) is 4.79 Å². The van der Waals surface area contributed by atoms with Crippen molar-refractivity contribution in [3.63, 3.8) is 0 Å². The Morgan fingerprint density at radius 1 is 1.19 bits per heavy atom. The summed E-state index contributed by atoms with van der Waals surface area (Å²) in [5.41, 5.74) is 7.53. The van der Waals surface area contributed by atoms with Gasteiger partial charge in [-0.05, 0) is 36.5 Å². The van der Waals surface area contributed by atoms with E-state index in [1.165, 1.54) is 12.8 Å². The lowest BCUT2D eigenvalue weighted by atomic mass is 9.86. The van der Waals surface area contributed by atoms with Gasteiger partial charge in [0.1, 0.15) is 0 Å². The molecule has 0 aromatic heterocycles. The predicted molar refractivity (Wildman–Crippen MR) is 62.9 cm³/mol. The molecule has 1 saturated carbocycles. The molecule has 0 spiro atoms. The van der Waals surface area contributed by atoms with Gasteiger partial charge in [-0.25, -0.2) is 0 Å². The monoisotopic (exact) mass is 216 g/mol. The zero-order chi connectivity index (χ0) is 11.1. The summed E-state index contributed by atoms with van der Waals surface area (Å²) in [5.74, 6) is 0.740. The highest BCUT2D eigenvalue weighted by molar-refractivity contribution is 5.87. The first-order valence-corrected chi connectivity index (χ1v) is 5.91. The number of rotatable bonds is 1. The fraction of sp³-hybridized carbons (Fsp3) is 0.462. The van der Waals surface area contributed by atoms with Crippen molar-refractivity contribution in [2.45, 2.75) is 31.2 Å². The highest BCUT2D eigenvalue weighted by Gasteiger charge is 2.45. The lowest BCUT2D eigenvalue weighted by molar-refractivity contribution is -0.121. The zero-order valence-corrected chi connectivity index (χ0v) is 9.15. The van der Waals surface area contributed by atoms with Gasteiger partial charge in [0, 0.05) is 11.7 Å². The van der Waals surface area contributed by atoms with Crippen molar-refractivity contribution in [1.82, 2.24) is 5.32 Å². The molecule has 1 aromatic carbocycles. The molecule has 3 N–H and O–H groups in total. The maximum absolute atomic E-state index is 11.9. The molecule has 0 bridgehead atoms. The van der Waals surface area contributed by atoms with Crippen molar-refractivity contribution in [1.29, 1.82) is 0 Å². The van der Waals surface area contributed by atoms with Gasteiger partial charge in [0.05, 0.1) is 5.92 Å². The molecule has 3 heteroatoms. The highest BCUT2D eigenvalue weighted by atomic mass is 16.2. The number of nitrogens with two attached hydrogens (primary N) is 1. The van der Waals surface area contributed by atoms with Gasteiger partial charge in [-0.3, -0.25) is 4.79 Å². The van der Waals surface area contributed by atoms with Crippen LogP contribution in [0.4, 0.5) is 5.69 Å². The van der Waals surface area contributed by atoms with Crippen LogP contribution in [0.5, 0.6) is 0 Å². The van der Waals surface area contributed by atoms with Crippen LogP contribution >= 0.6 is 0 Å². The van der Waals surface area contributed by atoms with Crippen molar-refractivity contribution >= 4 is 11.6 Å². The molecule has 3 rings (SSSR count). The number of nitrogens with one attached hydrogen (secondary N) is 1. The van der Waals surface area contributed by atoms with Gasteiger partial charge < -0.3 is 11.1 Å². The Morgan fingerprint density at radius 2 is 1.94 bits per heavy atom. The van der Waals surface area contributed by atoms with E-state index in [1.807, 2.05) is 24.3 Å². The Kier molecular flexibility index (Phi) is 2.13. The van der Waals surface area contributed by atoms with Crippen molar-refractivity contribution in [3.05, 3.63) is 29.8 Å². The Balaban J connectivity index is 1.93. The van der Waals surface area contributed by atoms with E-state index in [-0.39, 0.29) is 11.8 Å². The molecule has 1 aliphatic carbocycles. The van der Waals surface area contributed by atoms with Crippen molar-refractivity contribution in [3.8, 4) is 0 Å². The minimum absolute atomic E-state index is 0.0492. The number of benzene rings is 1. The Labute approximate surface area is 95.0 Å². The maximum Gasteiger partial charge on any atom is 0.228 e. The van der Waals surface area contributed by atoms with E-state index in [0.29, 0.717) is 12.0 Å². The largest absolute Gasteiger partial charge is 0.399 e. The van der Waals surface area contributed by atoms with Gasteiger partial charge in [0.2, 0.25) is 5.91 Å².